The van der Waals surface area contributed by atoms with Crippen LogP contribution in [0.2, 0.25) is 0 Å². The zero-order valence-electron chi connectivity index (χ0n) is 10.8. The molecule has 2 rings (SSSR count). The summed E-state index contributed by atoms with van der Waals surface area (Å²) in [6, 6.07) is 16.8. The minimum absolute atomic E-state index is 0.0517. The summed E-state index contributed by atoms with van der Waals surface area (Å²) < 4.78 is 0. The number of hydrogen-bond donors (Lipinski definition) is 2. The SMILES string of the molecule is CC(=O)c1ccc(NCC(O)c2ccccc2)cc1. The molecule has 0 radical (unpaired) electrons. The fraction of sp³-hybridized carbons (Fsp3) is 0.188. The average molecular weight is 255 g/mol. The van der Waals surface area contributed by atoms with Gasteiger partial charge in [0.2, 0.25) is 0 Å². The minimum Gasteiger partial charge on any atom is -0.387 e. The van der Waals surface area contributed by atoms with Gasteiger partial charge in [-0.3, -0.25) is 4.79 Å². The van der Waals surface area contributed by atoms with E-state index < -0.39 is 6.10 Å². The van der Waals surface area contributed by atoms with Crippen LogP contribution in [-0.4, -0.2) is 17.4 Å². The number of nitrogens with one attached hydrogen (secondary N) is 1. The van der Waals surface area contributed by atoms with E-state index in [4.69, 9.17) is 0 Å². The molecule has 2 aromatic carbocycles. The van der Waals surface area contributed by atoms with Crippen LogP contribution in [0.25, 0.3) is 0 Å². The second kappa shape index (κ2) is 6.16. The Labute approximate surface area is 112 Å². The molecule has 0 bridgehead atoms. The Morgan fingerprint density at radius 1 is 1.11 bits per heavy atom. The summed E-state index contributed by atoms with van der Waals surface area (Å²) >= 11 is 0. The first-order chi connectivity index (χ1) is 9.16. The van der Waals surface area contributed by atoms with E-state index >= 15 is 0 Å². The first-order valence-corrected chi connectivity index (χ1v) is 6.24. The van der Waals surface area contributed by atoms with Crippen molar-refractivity contribution in [2.75, 3.05) is 11.9 Å². The van der Waals surface area contributed by atoms with E-state index in [-0.39, 0.29) is 5.78 Å². The Morgan fingerprint density at radius 2 is 1.74 bits per heavy atom. The summed E-state index contributed by atoms with van der Waals surface area (Å²) in [7, 11) is 0. The molecule has 1 unspecified atom stereocenters. The zero-order valence-corrected chi connectivity index (χ0v) is 10.8. The molecule has 0 fully saturated rings. The maximum absolute atomic E-state index is 11.1. The first kappa shape index (κ1) is 13.3. The first-order valence-electron chi connectivity index (χ1n) is 6.24. The summed E-state index contributed by atoms with van der Waals surface area (Å²) in [5, 5.41) is 13.2. The molecule has 1 atom stereocenters. The zero-order chi connectivity index (χ0) is 13.7. The maximum Gasteiger partial charge on any atom is 0.159 e. The van der Waals surface area contributed by atoms with Crippen LogP contribution in [0.3, 0.4) is 0 Å². The van der Waals surface area contributed by atoms with Crippen molar-refractivity contribution < 1.29 is 9.90 Å². The molecule has 3 heteroatoms. The number of carbonyl (C=O) groups is 1. The van der Waals surface area contributed by atoms with Crippen molar-refractivity contribution in [1.29, 1.82) is 0 Å². The molecule has 0 aliphatic heterocycles. The second-order valence-electron chi connectivity index (χ2n) is 4.44. The number of aliphatic hydroxyl groups is 1. The normalized spacial score (nSPS) is 11.9. The lowest BCUT2D eigenvalue weighted by Crippen LogP contribution is -2.12. The van der Waals surface area contributed by atoms with Gasteiger partial charge < -0.3 is 10.4 Å². The Balaban J connectivity index is 1.93. The smallest absolute Gasteiger partial charge is 0.159 e. The highest BCUT2D eigenvalue weighted by atomic mass is 16.3. The van der Waals surface area contributed by atoms with Crippen LogP contribution >= 0.6 is 0 Å². The molecule has 2 aromatic rings. The van der Waals surface area contributed by atoms with Gasteiger partial charge in [0.05, 0.1) is 6.10 Å². The van der Waals surface area contributed by atoms with Crippen LogP contribution < -0.4 is 5.32 Å². The molecule has 3 nitrogen and oxygen atoms in total. The van der Waals surface area contributed by atoms with Crippen molar-refractivity contribution in [3.05, 3.63) is 65.7 Å². The van der Waals surface area contributed by atoms with Crippen molar-refractivity contribution in [2.45, 2.75) is 13.0 Å². The monoisotopic (exact) mass is 255 g/mol. The predicted octanol–water partition coefficient (Wildman–Crippen LogP) is 3.03. The van der Waals surface area contributed by atoms with Gasteiger partial charge in [0.15, 0.2) is 5.78 Å². The fourth-order valence-corrected chi connectivity index (χ4v) is 1.83. The number of Topliss-reactive ketones (excluding diaryl/α,β-unsaturated/α-hetero) is 1. The third-order valence-corrected chi connectivity index (χ3v) is 2.98. The number of benzene rings is 2. The van der Waals surface area contributed by atoms with Crippen LogP contribution in [0.15, 0.2) is 54.6 Å². The number of ketones is 1. The Kier molecular flexibility index (Phi) is 4.31. The van der Waals surface area contributed by atoms with Crippen LogP contribution in [0.1, 0.15) is 28.9 Å². The van der Waals surface area contributed by atoms with Gasteiger partial charge in [0.1, 0.15) is 0 Å². The Bertz CT molecular complexity index is 534. The molecule has 0 saturated carbocycles. The number of anilines is 1. The summed E-state index contributed by atoms with van der Waals surface area (Å²) in [5.41, 5.74) is 2.46. The molecule has 2 N–H and O–H groups in total. The molecule has 0 amide bonds. The summed E-state index contributed by atoms with van der Waals surface area (Å²) in [6.07, 6.45) is -0.548. The Hall–Kier alpha value is -2.13. The lowest BCUT2D eigenvalue weighted by Gasteiger charge is -2.13. The molecule has 0 saturated heterocycles. The van der Waals surface area contributed by atoms with Crippen molar-refractivity contribution in [3.8, 4) is 0 Å². The fourth-order valence-electron chi connectivity index (χ4n) is 1.83. The van der Waals surface area contributed by atoms with Crippen molar-refractivity contribution in [1.82, 2.24) is 0 Å². The third-order valence-electron chi connectivity index (χ3n) is 2.98. The van der Waals surface area contributed by atoms with Crippen LogP contribution in [0, 0.1) is 0 Å². The van der Waals surface area contributed by atoms with E-state index in [0.717, 1.165) is 11.3 Å². The third kappa shape index (κ3) is 3.66. The largest absolute Gasteiger partial charge is 0.387 e. The molecular weight excluding hydrogens is 238 g/mol. The van der Waals surface area contributed by atoms with Crippen LogP contribution in [0.5, 0.6) is 0 Å². The summed E-state index contributed by atoms with van der Waals surface area (Å²) in [6.45, 7) is 1.98. The Morgan fingerprint density at radius 3 is 2.32 bits per heavy atom. The number of aliphatic hydroxyl groups excluding tert-OH is 1. The van der Waals surface area contributed by atoms with Gasteiger partial charge in [-0.2, -0.15) is 0 Å². The average Bonchev–Trinajstić information content (AvgIpc) is 2.46. The predicted molar refractivity (Wildman–Crippen MR) is 76.3 cm³/mol. The van der Waals surface area contributed by atoms with E-state index in [0.29, 0.717) is 12.1 Å². The standard InChI is InChI=1S/C16H17NO2/c1-12(18)13-7-9-15(10-8-13)17-11-16(19)14-5-3-2-4-6-14/h2-10,16-17,19H,11H2,1H3. The van der Waals surface area contributed by atoms with Crippen LogP contribution in [0.4, 0.5) is 5.69 Å². The van der Waals surface area contributed by atoms with E-state index in [2.05, 4.69) is 5.32 Å². The van der Waals surface area contributed by atoms with Gasteiger partial charge in [0, 0.05) is 17.8 Å². The lowest BCUT2D eigenvalue weighted by atomic mass is 10.1. The van der Waals surface area contributed by atoms with Gasteiger partial charge in [-0.1, -0.05) is 30.3 Å². The van der Waals surface area contributed by atoms with Gasteiger partial charge in [-0.05, 0) is 36.8 Å². The van der Waals surface area contributed by atoms with Gasteiger partial charge in [-0.15, -0.1) is 0 Å². The number of rotatable bonds is 5. The van der Waals surface area contributed by atoms with Gasteiger partial charge >= 0.3 is 0 Å². The quantitative estimate of drug-likeness (QED) is 0.807. The van der Waals surface area contributed by atoms with Gasteiger partial charge in [-0.25, -0.2) is 0 Å². The van der Waals surface area contributed by atoms with E-state index in [1.165, 1.54) is 0 Å². The molecule has 98 valence electrons. The number of carbonyl (C=O) groups excluding carboxylic acids is 1. The van der Waals surface area contributed by atoms with E-state index in [1.54, 1.807) is 19.1 Å². The van der Waals surface area contributed by atoms with Gasteiger partial charge in [0.25, 0.3) is 0 Å². The second-order valence-corrected chi connectivity index (χ2v) is 4.44. The van der Waals surface area contributed by atoms with Crippen molar-refractivity contribution >= 4 is 11.5 Å². The minimum atomic E-state index is -0.548. The van der Waals surface area contributed by atoms with E-state index in [1.807, 2.05) is 42.5 Å². The molecule has 0 aliphatic rings. The van der Waals surface area contributed by atoms with Crippen LogP contribution in [-0.2, 0) is 0 Å². The molecule has 0 aliphatic carbocycles. The maximum atomic E-state index is 11.1. The highest BCUT2D eigenvalue weighted by Gasteiger charge is 2.06. The van der Waals surface area contributed by atoms with Crippen molar-refractivity contribution in [3.63, 3.8) is 0 Å². The summed E-state index contributed by atoms with van der Waals surface area (Å²) in [4.78, 5) is 11.1. The molecule has 0 heterocycles. The molecule has 0 spiro atoms. The van der Waals surface area contributed by atoms with E-state index in [9.17, 15) is 9.90 Å². The molecular formula is C16H17NO2. The molecule has 19 heavy (non-hydrogen) atoms. The highest BCUT2D eigenvalue weighted by Crippen LogP contribution is 2.15. The lowest BCUT2D eigenvalue weighted by molar-refractivity contribution is 0.101. The molecule has 0 aromatic heterocycles. The number of hydrogen-bond acceptors (Lipinski definition) is 3. The summed E-state index contributed by atoms with van der Waals surface area (Å²) in [5.74, 6) is 0.0517. The van der Waals surface area contributed by atoms with Crippen molar-refractivity contribution in [2.24, 2.45) is 0 Å². The topological polar surface area (TPSA) is 49.3 Å². The highest BCUT2D eigenvalue weighted by molar-refractivity contribution is 5.94.